The summed E-state index contributed by atoms with van der Waals surface area (Å²) < 4.78 is 10.3. The molecule has 2 aromatic carbocycles. The topological polar surface area (TPSA) is 84.9 Å². The summed E-state index contributed by atoms with van der Waals surface area (Å²) in [6, 6.07) is 12.9. The van der Waals surface area contributed by atoms with Gasteiger partial charge in [-0.15, -0.1) is 0 Å². The van der Waals surface area contributed by atoms with E-state index >= 15 is 0 Å². The molecule has 1 N–H and O–H groups in total. The molecule has 0 saturated heterocycles. The molecule has 7 nitrogen and oxygen atoms in total. The Balaban J connectivity index is 1.85. The third-order valence-corrected chi connectivity index (χ3v) is 3.56. The lowest BCUT2D eigenvalue weighted by molar-refractivity contribution is -0.119. The van der Waals surface area contributed by atoms with E-state index in [0.29, 0.717) is 29.2 Å². The largest absolute Gasteiger partial charge is 0.494 e. The molecular formula is C20H22N2O5. The Morgan fingerprint density at radius 2 is 1.52 bits per heavy atom. The fourth-order valence-electron chi connectivity index (χ4n) is 2.22. The zero-order valence-corrected chi connectivity index (χ0v) is 15.5. The molecule has 0 aliphatic heterocycles. The van der Waals surface area contributed by atoms with E-state index in [1.54, 1.807) is 62.6 Å². The Morgan fingerprint density at radius 1 is 0.926 bits per heavy atom. The van der Waals surface area contributed by atoms with Crippen LogP contribution in [0.5, 0.6) is 5.75 Å². The zero-order valence-electron chi connectivity index (χ0n) is 15.5. The molecule has 0 fully saturated rings. The lowest BCUT2D eigenvalue weighted by Gasteiger charge is -2.11. The van der Waals surface area contributed by atoms with Crippen LogP contribution >= 0.6 is 0 Å². The molecule has 0 aliphatic carbocycles. The second-order valence-corrected chi connectivity index (χ2v) is 5.86. The van der Waals surface area contributed by atoms with Crippen molar-refractivity contribution in [1.29, 1.82) is 0 Å². The zero-order chi connectivity index (χ0) is 19.8. The summed E-state index contributed by atoms with van der Waals surface area (Å²) >= 11 is 0. The average molecular weight is 370 g/mol. The Hall–Kier alpha value is -3.35. The summed E-state index contributed by atoms with van der Waals surface area (Å²) in [7, 11) is 3.33. The minimum Gasteiger partial charge on any atom is -0.494 e. The van der Waals surface area contributed by atoms with Crippen LogP contribution < -0.4 is 10.1 Å². The molecule has 0 aliphatic rings. The van der Waals surface area contributed by atoms with E-state index in [2.05, 4.69) is 5.32 Å². The van der Waals surface area contributed by atoms with Crippen LogP contribution in [0.4, 0.5) is 5.69 Å². The fraction of sp³-hybridized carbons (Fsp3) is 0.250. The lowest BCUT2D eigenvalue weighted by atomic mass is 10.2. The summed E-state index contributed by atoms with van der Waals surface area (Å²) in [5.41, 5.74) is 1.35. The minimum absolute atomic E-state index is 0.128. The van der Waals surface area contributed by atoms with Gasteiger partial charge in [-0.05, 0) is 55.5 Å². The SMILES string of the molecule is CCOc1ccc(C(=O)OCC(=O)Nc2ccc(C(=O)N(C)C)cc2)cc1. The van der Waals surface area contributed by atoms with Gasteiger partial charge in [-0.1, -0.05) is 0 Å². The summed E-state index contributed by atoms with van der Waals surface area (Å²) in [5.74, 6) is -0.541. The van der Waals surface area contributed by atoms with Gasteiger partial charge in [-0.25, -0.2) is 4.79 Å². The number of nitrogens with one attached hydrogen (secondary N) is 1. The van der Waals surface area contributed by atoms with Crippen LogP contribution in [-0.2, 0) is 9.53 Å². The van der Waals surface area contributed by atoms with Gasteiger partial charge in [0.25, 0.3) is 11.8 Å². The Labute approximate surface area is 157 Å². The minimum atomic E-state index is -0.597. The number of carbonyl (C=O) groups is 3. The standard InChI is InChI=1S/C20H22N2O5/c1-4-26-17-11-7-15(8-12-17)20(25)27-13-18(23)21-16-9-5-14(6-10-16)19(24)22(2)3/h5-12H,4,13H2,1-3H3,(H,21,23). The number of ether oxygens (including phenoxy) is 2. The predicted octanol–water partition coefficient (Wildman–Crippen LogP) is 2.58. The number of anilines is 1. The Kier molecular flexibility index (Phi) is 6.93. The van der Waals surface area contributed by atoms with Crippen molar-refractivity contribution in [2.24, 2.45) is 0 Å². The number of hydrogen-bond donors (Lipinski definition) is 1. The molecule has 2 aromatic rings. The van der Waals surface area contributed by atoms with E-state index in [1.807, 2.05) is 6.92 Å². The van der Waals surface area contributed by atoms with Gasteiger partial charge in [0.15, 0.2) is 6.61 Å². The van der Waals surface area contributed by atoms with E-state index in [9.17, 15) is 14.4 Å². The van der Waals surface area contributed by atoms with Gasteiger partial charge in [0, 0.05) is 25.3 Å². The quantitative estimate of drug-likeness (QED) is 0.757. The number of esters is 1. The van der Waals surface area contributed by atoms with E-state index in [4.69, 9.17) is 9.47 Å². The highest BCUT2D eigenvalue weighted by molar-refractivity contribution is 5.97. The molecule has 0 aromatic heterocycles. The summed E-state index contributed by atoms with van der Waals surface area (Å²) in [5, 5.41) is 2.61. The van der Waals surface area contributed by atoms with E-state index in [1.165, 1.54) is 4.90 Å². The number of benzene rings is 2. The van der Waals surface area contributed by atoms with Gasteiger partial charge < -0.3 is 19.7 Å². The molecule has 0 spiro atoms. The highest BCUT2D eigenvalue weighted by atomic mass is 16.5. The van der Waals surface area contributed by atoms with E-state index in [0.717, 1.165) is 0 Å². The van der Waals surface area contributed by atoms with Gasteiger partial charge in [0.1, 0.15) is 5.75 Å². The lowest BCUT2D eigenvalue weighted by Crippen LogP contribution is -2.22. The summed E-state index contributed by atoms with van der Waals surface area (Å²) in [4.78, 5) is 37.2. The first-order valence-electron chi connectivity index (χ1n) is 8.42. The van der Waals surface area contributed by atoms with Crippen LogP contribution in [0.3, 0.4) is 0 Å². The number of hydrogen-bond acceptors (Lipinski definition) is 5. The van der Waals surface area contributed by atoms with Crippen molar-refractivity contribution >= 4 is 23.5 Å². The van der Waals surface area contributed by atoms with Crippen molar-refractivity contribution in [3.05, 3.63) is 59.7 Å². The smallest absolute Gasteiger partial charge is 0.338 e. The third kappa shape index (κ3) is 5.85. The van der Waals surface area contributed by atoms with Crippen LogP contribution in [0.1, 0.15) is 27.6 Å². The fourth-order valence-corrected chi connectivity index (χ4v) is 2.22. The van der Waals surface area contributed by atoms with Crippen molar-refractivity contribution < 1.29 is 23.9 Å². The molecule has 2 amide bonds. The molecule has 2 rings (SSSR count). The second kappa shape index (κ2) is 9.38. The van der Waals surface area contributed by atoms with Gasteiger partial charge in [0.2, 0.25) is 0 Å². The van der Waals surface area contributed by atoms with E-state index in [-0.39, 0.29) is 5.91 Å². The first kappa shape index (κ1) is 20.0. The van der Waals surface area contributed by atoms with Crippen LogP contribution in [0, 0.1) is 0 Å². The van der Waals surface area contributed by atoms with E-state index < -0.39 is 18.5 Å². The van der Waals surface area contributed by atoms with Crippen LogP contribution in [0.15, 0.2) is 48.5 Å². The Morgan fingerprint density at radius 3 is 2.07 bits per heavy atom. The van der Waals surface area contributed by atoms with Gasteiger partial charge in [0.05, 0.1) is 12.2 Å². The molecule has 0 saturated carbocycles. The molecule has 0 atom stereocenters. The normalized spacial score (nSPS) is 10.0. The number of carbonyl (C=O) groups excluding carboxylic acids is 3. The third-order valence-electron chi connectivity index (χ3n) is 3.56. The number of nitrogens with zero attached hydrogens (tertiary/aromatic N) is 1. The van der Waals surface area contributed by atoms with Gasteiger partial charge in [-0.2, -0.15) is 0 Å². The first-order chi connectivity index (χ1) is 12.9. The van der Waals surface area contributed by atoms with Crippen LogP contribution in [0.25, 0.3) is 0 Å². The van der Waals surface area contributed by atoms with Crippen molar-refractivity contribution in [2.45, 2.75) is 6.92 Å². The monoisotopic (exact) mass is 370 g/mol. The highest BCUT2D eigenvalue weighted by Gasteiger charge is 2.12. The maximum Gasteiger partial charge on any atom is 0.338 e. The average Bonchev–Trinajstić information content (AvgIpc) is 2.67. The molecule has 27 heavy (non-hydrogen) atoms. The first-order valence-corrected chi connectivity index (χ1v) is 8.42. The Bertz CT molecular complexity index is 798. The molecular weight excluding hydrogens is 348 g/mol. The maximum atomic E-state index is 12.0. The summed E-state index contributed by atoms with van der Waals surface area (Å²) in [6.07, 6.45) is 0. The van der Waals surface area contributed by atoms with Crippen molar-refractivity contribution in [1.82, 2.24) is 4.90 Å². The maximum absolute atomic E-state index is 12.0. The molecule has 0 heterocycles. The van der Waals surface area contributed by atoms with Crippen molar-refractivity contribution in [3.63, 3.8) is 0 Å². The molecule has 0 unspecified atom stereocenters. The molecule has 0 bridgehead atoms. The van der Waals surface area contributed by atoms with Gasteiger partial charge in [-0.3, -0.25) is 9.59 Å². The predicted molar refractivity (Wildman–Crippen MR) is 101 cm³/mol. The second-order valence-electron chi connectivity index (χ2n) is 5.86. The molecule has 7 heteroatoms. The molecule has 0 radical (unpaired) electrons. The molecule has 142 valence electrons. The number of amides is 2. The highest BCUT2D eigenvalue weighted by Crippen LogP contribution is 2.13. The van der Waals surface area contributed by atoms with Gasteiger partial charge >= 0.3 is 5.97 Å². The van der Waals surface area contributed by atoms with Crippen LogP contribution in [-0.4, -0.2) is 50.0 Å². The number of rotatable bonds is 7. The van der Waals surface area contributed by atoms with Crippen LogP contribution in [0.2, 0.25) is 0 Å². The van der Waals surface area contributed by atoms with Crippen molar-refractivity contribution in [2.75, 3.05) is 32.6 Å². The van der Waals surface area contributed by atoms with Crippen molar-refractivity contribution in [3.8, 4) is 5.75 Å². The summed E-state index contributed by atoms with van der Waals surface area (Å²) in [6.45, 7) is 1.99.